The first-order valence-corrected chi connectivity index (χ1v) is 6.47. The average molecular weight is 263 g/mol. The maximum absolute atomic E-state index is 5.85. The van der Waals surface area contributed by atoms with Gasteiger partial charge in [0.05, 0.1) is 5.69 Å². The van der Waals surface area contributed by atoms with Crippen LogP contribution in [0.2, 0.25) is 0 Å². The van der Waals surface area contributed by atoms with Gasteiger partial charge in [0.2, 0.25) is 0 Å². The van der Waals surface area contributed by atoms with E-state index in [0.717, 1.165) is 28.3 Å². The Morgan fingerprint density at radius 1 is 1.10 bits per heavy atom. The number of nitrogen functional groups attached to an aromatic ring is 1. The van der Waals surface area contributed by atoms with Gasteiger partial charge in [0.15, 0.2) is 0 Å². The molecule has 4 rings (SSSR count). The van der Waals surface area contributed by atoms with Gasteiger partial charge in [-0.2, -0.15) is 5.10 Å². The number of anilines is 1. The Hall–Kier alpha value is -2.75. The van der Waals surface area contributed by atoms with Crippen LogP contribution >= 0.6 is 0 Å². The number of hydrogen-bond acceptors (Lipinski definition) is 3. The Labute approximate surface area is 116 Å². The fourth-order valence-electron chi connectivity index (χ4n) is 2.57. The van der Waals surface area contributed by atoms with Crippen LogP contribution < -0.4 is 10.5 Å². The third-order valence-electron chi connectivity index (χ3n) is 3.54. The molecule has 2 N–H and O–H groups in total. The lowest BCUT2D eigenvalue weighted by atomic mass is 9.96. The number of benzene rings is 2. The van der Waals surface area contributed by atoms with E-state index in [9.17, 15) is 0 Å². The van der Waals surface area contributed by atoms with Gasteiger partial charge < -0.3 is 10.5 Å². The van der Waals surface area contributed by atoms with Crippen LogP contribution in [0, 0.1) is 0 Å². The lowest BCUT2D eigenvalue weighted by molar-refractivity contribution is 0.302. The van der Waals surface area contributed by atoms with E-state index in [1.165, 1.54) is 5.56 Å². The van der Waals surface area contributed by atoms with E-state index in [1.54, 1.807) is 6.20 Å². The number of fused-ring (bicyclic) bond motifs is 3. The van der Waals surface area contributed by atoms with E-state index in [4.69, 9.17) is 10.5 Å². The number of rotatable bonds is 1. The van der Waals surface area contributed by atoms with Crippen molar-refractivity contribution in [2.75, 3.05) is 5.73 Å². The molecule has 4 heteroatoms. The molecule has 3 aromatic rings. The molecule has 0 saturated carbocycles. The molecular weight excluding hydrogens is 250 g/mol. The second-order valence-electron chi connectivity index (χ2n) is 4.84. The topological polar surface area (TPSA) is 53.1 Å². The molecule has 0 spiro atoms. The Bertz CT molecular complexity index is 778. The van der Waals surface area contributed by atoms with Gasteiger partial charge in [-0.1, -0.05) is 6.07 Å². The summed E-state index contributed by atoms with van der Waals surface area (Å²) in [5, 5.41) is 4.24. The molecule has 20 heavy (non-hydrogen) atoms. The summed E-state index contributed by atoms with van der Waals surface area (Å²) < 4.78 is 7.67. The molecule has 0 bridgehead atoms. The van der Waals surface area contributed by atoms with Crippen LogP contribution in [0.25, 0.3) is 16.8 Å². The summed E-state index contributed by atoms with van der Waals surface area (Å²) in [6.45, 7) is 0.552. The maximum atomic E-state index is 5.85. The van der Waals surface area contributed by atoms with Crippen molar-refractivity contribution in [2.24, 2.45) is 0 Å². The summed E-state index contributed by atoms with van der Waals surface area (Å²) in [5.41, 5.74) is 11.0. The van der Waals surface area contributed by atoms with Gasteiger partial charge in [-0.15, -0.1) is 0 Å². The molecule has 0 fully saturated rings. The highest BCUT2D eigenvalue weighted by Gasteiger charge is 2.17. The summed E-state index contributed by atoms with van der Waals surface area (Å²) in [5.74, 6) is 0.885. The number of nitrogens with zero attached hydrogens (tertiary/aromatic N) is 2. The van der Waals surface area contributed by atoms with E-state index in [0.29, 0.717) is 6.61 Å². The Balaban J connectivity index is 1.85. The molecule has 0 amide bonds. The van der Waals surface area contributed by atoms with Crippen LogP contribution in [0.15, 0.2) is 54.9 Å². The van der Waals surface area contributed by atoms with Crippen molar-refractivity contribution >= 4 is 5.69 Å². The van der Waals surface area contributed by atoms with E-state index in [1.807, 2.05) is 41.2 Å². The monoisotopic (exact) mass is 263 g/mol. The van der Waals surface area contributed by atoms with Crippen molar-refractivity contribution < 1.29 is 4.74 Å². The van der Waals surface area contributed by atoms with Gasteiger partial charge >= 0.3 is 0 Å². The molecule has 4 nitrogen and oxygen atoms in total. The normalized spacial score (nSPS) is 12.4. The fourth-order valence-corrected chi connectivity index (χ4v) is 2.57. The van der Waals surface area contributed by atoms with E-state index in [2.05, 4.69) is 17.2 Å². The lowest BCUT2D eigenvalue weighted by Gasteiger charge is -2.21. The van der Waals surface area contributed by atoms with Gasteiger partial charge in [-0.25, -0.2) is 4.68 Å². The number of hydrogen-bond donors (Lipinski definition) is 1. The van der Waals surface area contributed by atoms with Gasteiger partial charge in [0.1, 0.15) is 12.4 Å². The molecule has 1 aromatic heterocycles. The minimum atomic E-state index is 0.552. The second-order valence-corrected chi connectivity index (χ2v) is 4.84. The maximum Gasteiger partial charge on any atom is 0.129 e. The quantitative estimate of drug-likeness (QED) is 0.687. The molecule has 0 radical (unpaired) electrons. The average Bonchev–Trinajstić information content (AvgIpc) is 3.00. The van der Waals surface area contributed by atoms with Gasteiger partial charge in [0, 0.05) is 29.7 Å². The molecule has 0 aliphatic carbocycles. The first-order valence-electron chi connectivity index (χ1n) is 6.47. The predicted molar refractivity (Wildman–Crippen MR) is 77.7 cm³/mol. The Morgan fingerprint density at radius 2 is 2.00 bits per heavy atom. The van der Waals surface area contributed by atoms with Crippen LogP contribution in [0.4, 0.5) is 5.69 Å². The summed E-state index contributed by atoms with van der Waals surface area (Å²) in [7, 11) is 0. The number of ether oxygens (including phenoxy) is 1. The van der Waals surface area contributed by atoms with Crippen molar-refractivity contribution in [3.05, 3.63) is 60.4 Å². The summed E-state index contributed by atoms with van der Waals surface area (Å²) in [6, 6.07) is 14.0. The number of aromatic nitrogens is 2. The fraction of sp³-hybridized carbons (Fsp3) is 0.0625. The zero-order chi connectivity index (χ0) is 13.5. The molecule has 2 aromatic carbocycles. The second kappa shape index (κ2) is 4.13. The van der Waals surface area contributed by atoms with E-state index < -0.39 is 0 Å². The third kappa shape index (κ3) is 1.66. The van der Waals surface area contributed by atoms with Gasteiger partial charge in [0.25, 0.3) is 0 Å². The van der Waals surface area contributed by atoms with Crippen LogP contribution in [0.3, 0.4) is 0 Å². The molecule has 2 heterocycles. The molecule has 1 aliphatic heterocycles. The number of nitrogens with two attached hydrogens (primary N) is 1. The summed E-state index contributed by atoms with van der Waals surface area (Å²) >= 11 is 0. The SMILES string of the molecule is Nc1ccc2c(c1)COc1cc(-n3cccn3)ccc1-2. The highest BCUT2D eigenvalue weighted by Crippen LogP contribution is 2.39. The van der Waals surface area contributed by atoms with Gasteiger partial charge in [-0.3, -0.25) is 0 Å². The van der Waals surface area contributed by atoms with Crippen molar-refractivity contribution in [2.45, 2.75) is 6.61 Å². The van der Waals surface area contributed by atoms with Crippen LogP contribution in [-0.2, 0) is 6.61 Å². The standard InChI is InChI=1S/C16H13N3O/c17-12-2-4-14-11(8-12)10-20-16-9-13(3-5-15(14)16)19-7-1-6-18-19/h1-9H,10,17H2. The van der Waals surface area contributed by atoms with Gasteiger partial charge in [-0.05, 0) is 41.5 Å². The molecule has 98 valence electrons. The Morgan fingerprint density at radius 3 is 2.85 bits per heavy atom. The minimum absolute atomic E-state index is 0.552. The molecule has 0 unspecified atom stereocenters. The highest BCUT2D eigenvalue weighted by molar-refractivity contribution is 5.77. The van der Waals surface area contributed by atoms with Crippen molar-refractivity contribution in [3.63, 3.8) is 0 Å². The summed E-state index contributed by atoms with van der Waals surface area (Å²) in [4.78, 5) is 0. The first-order chi connectivity index (χ1) is 9.81. The molecular formula is C16H13N3O. The van der Waals surface area contributed by atoms with Crippen LogP contribution in [0.1, 0.15) is 5.56 Å². The molecule has 0 saturated heterocycles. The Kier molecular flexibility index (Phi) is 2.29. The highest BCUT2D eigenvalue weighted by atomic mass is 16.5. The van der Waals surface area contributed by atoms with Crippen LogP contribution in [-0.4, -0.2) is 9.78 Å². The molecule has 1 aliphatic rings. The zero-order valence-electron chi connectivity index (χ0n) is 10.8. The smallest absolute Gasteiger partial charge is 0.129 e. The van der Waals surface area contributed by atoms with Crippen molar-refractivity contribution in [1.82, 2.24) is 9.78 Å². The lowest BCUT2D eigenvalue weighted by Crippen LogP contribution is -2.07. The largest absolute Gasteiger partial charge is 0.488 e. The zero-order valence-corrected chi connectivity index (χ0v) is 10.8. The van der Waals surface area contributed by atoms with Crippen LogP contribution in [0.5, 0.6) is 5.75 Å². The van der Waals surface area contributed by atoms with Crippen molar-refractivity contribution in [1.29, 1.82) is 0 Å². The van der Waals surface area contributed by atoms with E-state index >= 15 is 0 Å². The predicted octanol–water partition coefficient (Wildman–Crippen LogP) is 3.01. The minimum Gasteiger partial charge on any atom is -0.488 e. The third-order valence-corrected chi connectivity index (χ3v) is 3.54. The van der Waals surface area contributed by atoms with E-state index in [-0.39, 0.29) is 0 Å². The summed E-state index contributed by atoms with van der Waals surface area (Å²) in [6.07, 6.45) is 3.68. The first kappa shape index (κ1) is 11.1. The molecule has 0 atom stereocenters. The van der Waals surface area contributed by atoms with Crippen molar-refractivity contribution in [3.8, 4) is 22.6 Å².